The van der Waals surface area contributed by atoms with Crippen molar-refractivity contribution < 1.29 is 14.3 Å². The summed E-state index contributed by atoms with van der Waals surface area (Å²) in [5, 5.41) is 0.370. The Morgan fingerprint density at radius 1 is 1.47 bits per heavy atom. The first-order chi connectivity index (χ1) is 7.15. The van der Waals surface area contributed by atoms with Crippen molar-refractivity contribution >= 4 is 17.6 Å². The molecule has 15 heavy (non-hydrogen) atoms. The maximum absolute atomic E-state index is 11.3. The van der Waals surface area contributed by atoms with Crippen LogP contribution in [0.25, 0.3) is 0 Å². The van der Waals surface area contributed by atoms with Crippen LogP contribution in [0.1, 0.15) is 10.4 Å². The summed E-state index contributed by atoms with van der Waals surface area (Å²) in [5.41, 5.74) is 0.373. The van der Waals surface area contributed by atoms with Crippen molar-refractivity contribution in [2.24, 2.45) is 0 Å². The highest BCUT2D eigenvalue weighted by Crippen LogP contribution is 2.19. The normalized spacial score (nSPS) is 9.47. The molecule has 3 nitrogen and oxygen atoms in total. The van der Waals surface area contributed by atoms with Gasteiger partial charge in [0.2, 0.25) is 0 Å². The van der Waals surface area contributed by atoms with E-state index in [0.29, 0.717) is 16.3 Å². The molecule has 0 unspecified atom stereocenters. The van der Waals surface area contributed by atoms with Gasteiger partial charge >= 0.3 is 5.97 Å². The second-order valence-electron chi connectivity index (χ2n) is 2.79. The molecule has 0 N–H and O–H groups in total. The summed E-state index contributed by atoms with van der Waals surface area (Å²) < 4.78 is 9.90. The van der Waals surface area contributed by atoms with Gasteiger partial charge < -0.3 is 9.47 Å². The molecule has 1 aromatic rings. The van der Waals surface area contributed by atoms with Gasteiger partial charge in [-0.05, 0) is 12.1 Å². The van der Waals surface area contributed by atoms with Crippen LogP contribution in [0.3, 0.4) is 0 Å². The lowest BCUT2D eigenvalue weighted by Gasteiger charge is -2.08. The lowest BCUT2D eigenvalue weighted by Crippen LogP contribution is -2.06. The van der Waals surface area contributed by atoms with Gasteiger partial charge in [-0.15, -0.1) is 0 Å². The number of hydrogen-bond acceptors (Lipinski definition) is 3. The van der Waals surface area contributed by atoms with Gasteiger partial charge in [0, 0.05) is 5.03 Å². The molecule has 1 aromatic carbocycles. The van der Waals surface area contributed by atoms with Crippen molar-refractivity contribution in [3.63, 3.8) is 0 Å². The first-order valence-corrected chi connectivity index (χ1v) is 4.66. The Hall–Kier alpha value is -1.48. The fraction of sp³-hybridized carbons (Fsp3) is 0.182. The summed E-state index contributed by atoms with van der Waals surface area (Å²) in [4.78, 5) is 11.3. The first-order valence-electron chi connectivity index (χ1n) is 4.28. The van der Waals surface area contributed by atoms with Gasteiger partial charge in [-0.25, -0.2) is 4.79 Å². The van der Waals surface area contributed by atoms with E-state index in [4.69, 9.17) is 16.3 Å². The van der Waals surface area contributed by atoms with E-state index in [-0.39, 0.29) is 6.61 Å². The molecule has 0 spiro atoms. The Morgan fingerprint density at radius 3 is 2.73 bits per heavy atom. The average molecular weight is 227 g/mol. The summed E-state index contributed by atoms with van der Waals surface area (Å²) in [6, 6.07) is 6.79. The molecule has 1 rings (SSSR count). The monoisotopic (exact) mass is 226 g/mol. The largest absolute Gasteiger partial charge is 0.487 e. The molecule has 0 bridgehead atoms. The quantitative estimate of drug-likeness (QED) is 0.741. The summed E-state index contributed by atoms with van der Waals surface area (Å²) in [5.74, 6) is -0.00284. The van der Waals surface area contributed by atoms with E-state index >= 15 is 0 Å². The van der Waals surface area contributed by atoms with E-state index in [1.54, 1.807) is 24.3 Å². The van der Waals surface area contributed by atoms with E-state index in [9.17, 15) is 4.79 Å². The van der Waals surface area contributed by atoms with E-state index in [2.05, 4.69) is 11.3 Å². The zero-order valence-corrected chi connectivity index (χ0v) is 9.08. The fourth-order valence-electron chi connectivity index (χ4n) is 1.03. The Morgan fingerprint density at radius 2 is 2.13 bits per heavy atom. The second-order valence-corrected chi connectivity index (χ2v) is 3.33. The third kappa shape index (κ3) is 3.29. The van der Waals surface area contributed by atoms with E-state index in [0.717, 1.165) is 0 Å². The van der Waals surface area contributed by atoms with Crippen molar-refractivity contribution in [1.29, 1.82) is 0 Å². The first kappa shape index (κ1) is 11.6. The Bertz CT molecular complexity index is 374. The molecule has 0 saturated carbocycles. The van der Waals surface area contributed by atoms with Gasteiger partial charge in [0.25, 0.3) is 0 Å². The summed E-state index contributed by atoms with van der Waals surface area (Å²) >= 11 is 5.56. The SMILES string of the molecule is C=C(Cl)COc1ccccc1C(=O)OC. The molecule has 4 heteroatoms. The molecule has 0 fully saturated rings. The lowest BCUT2D eigenvalue weighted by molar-refractivity contribution is 0.0596. The highest BCUT2D eigenvalue weighted by molar-refractivity contribution is 6.29. The second kappa shape index (κ2) is 5.41. The third-order valence-corrected chi connectivity index (χ3v) is 1.79. The number of benzene rings is 1. The van der Waals surface area contributed by atoms with Crippen LogP contribution in [0.5, 0.6) is 5.75 Å². The predicted octanol–water partition coefficient (Wildman–Crippen LogP) is 2.60. The van der Waals surface area contributed by atoms with Crippen LogP contribution in [0.2, 0.25) is 0 Å². The smallest absolute Gasteiger partial charge is 0.341 e. The molecule has 0 radical (unpaired) electrons. The highest BCUT2D eigenvalue weighted by atomic mass is 35.5. The minimum absolute atomic E-state index is 0.162. The Balaban J connectivity index is 2.86. The lowest BCUT2D eigenvalue weighted by atomic mass is 10.2. The number of halogens is 1. The van der Waals surface area contributed by atoms with Crippen LogP contribution < -0.4 is 4.74 Å². The third-order valence-electron chi connectivity index (χ3n) is 1.68. The number of rotatable bonds is 4. The van der Waals surface area contributed by atoms with Gasteiger partial charge in [0.1, 0.15) is 17.9 Å². The van der Waals surface area contributed by atoms with Gasteiger partial charge in [-0.3, -0.25) is 0 Å². The van der Waals surface area contributed by atoms with Gasteiger partial charge in [-0.1, -0.05) is 30.3 Å². The van der Waals surface area contributed by atoms with Gasteiger partial charge in [0.15, 0.2) is 0 Å². The zero-order chi connectivity index (χ0) is 11.3. The standard InChI is InChI=1S/C11H11ClO3/c1-8(12)7-15-10-6-4-3-5-9(10)11(13)14-2/h3-6H,1,7H2,2H3. The van der Waals surface area contributed by atoms with Crippen LogP contribution in [0.15, 0.2) is 35.9 Å². The number of methoxy groups -OCH3 is 1. The van der Waals surface area contributed by atoms with Crippen molar-refractivity contribution in [2.45, 2.75) is 0 Å². The van der Waals surface area contributed by atoms with Crippen LogP contribution >= 0.6 is 11.6 Å². The van der Waals surface area contributed by atoms with Crippen molar-refractivity contribution in [2.75, 3.05) is 13.7 Å². The minimum Gasteiger partial charge on any atom is -0.487 e. The Kier molecular flexibility index (Phi) is 4.18. The molecule has 0 heterocycles. The summed E-state index contributed by atoms with van der Waals surface area (Å²) in [6.45, 7) is 3.65. The number of carbonyl (C=O) groups excluding carboxylic acids is 1. The fourth-order valence-corrected chi connectivity index (χ4v) is 1.08. The number of ether oxygens (including phenoxy) is 2. The van der Waals surface area contributed by atoms with Crippen molar-refractivity contribution in [1.82, 2.24) is 0 Å². The van der Waals surface area contributed by atoms with Crippen molar-refractivity contribution in [3.05, 3.63) is 41.4 Å². The maximum Gasteiger partial charge on any atom is 0.341 e. The van der Waals surface area contributed by atoms with Crippen LogP contribution in [-0.2, 0) is 4.74 Å². The van der Waals surface area contributed by atoms with Crippen LogP contribution in [-0.4, -0.2) is 19.7 Å². The topological polar surface area (TPSA) is 35.5 Å². The molecule has 0 aliphatic heterocycles. The predicted molar refractivity (Wildman–Crippen MR) is 58.3 cm³/mol. The van der Waals surface area contributed by atoms with E-state index in [1.807, 2.05) is 0 Å². The average Bonchev–Trinajstić information content (AvgIpc) is 2.25. The molecular formula is C11H11ClO3. The molecule has 0 aromatic heterocycles. The number of hydrogen-bond donors (Lipinski definition) is 0. The van der Waals surface area contributed by atoms with Crippen molar-refractivity contribution in [3.8, 4) is 5.75 Å². The molecule has 0 amide bonds. The molecular weight excluding hydrogens is 216 g/mol. The van der Waals surface area contributed by atoms with Gasteiger partial charge in [0.05, 0.1) is 7.11 Å². The molecule has 0 aliphatic carbocycles. The zero-order valence-electron chi connectivity index (χ0n) is 8.33. The van der Waals surface area contributed by atoms with Crippen LogP contribution in [0, 0.1) is 0 Å². The number of para-hydroxylation sites is 1. The highest BCUT2D eigenvalue weighted by Gasteiger charge is 2.11. The maximum atomic E-state index is 11.3. The number of carbonyl (C=O) groups is 1. The summed E-state index contributed by atoms with van der Waals surface area (Å²) in [7, 11) is 1.32. The van der Waals surface area contributed by atoms with Crippen LogP contribution in [0.4, 0.5) is 0 Å². The number of esters is 1. The molecule has 0 aliphatic rings. The minimum atomic E-state index is -0.439. The summed E-state index contributed by atoms with van der Waals surface area (Å²) in [6.07, 6.45) is 0. The molecule has 0 saturated heterocycles. The van der Waals surface area contributed by atoms with E-state index < -0.39 is 5.97 Å². The van der Waals surface area contributed by atoms with E-state index in [1.165, 1.54) is 7.11 Å². The molecule has 0 atom stereocenters. The van der Waals surface area contributed by atoms with Gasteiger partial charge in [-0.2, -0.15) is 0 Å². The Labute approximate surface area is 93.3 Å². The molecule has 80 valence electrons.